The van der Waals surface area contributed by atoms with Gasteiger partial charge >= 0.3 is 0 Å². The average Bonchev–Trinajstić information content (AvgIpc) is 2.54. The van der Waals surface area contributed by atoms with E-state index in [4.69, 9.17) is 0 Å². The van der Waals surface area contributed by atoms with Crippen LogP contribution in [0.3, 0.4) is 0 Å². The molecule has 0 aliphatic carbocycles. The molecule has 0 aliphatic rings. The second-order valence-electron chi connectivity index (χ2n) is 4.22. The Morgan fingerprint density at radius 2 is 1.52 bits per heavy atom. The van der Waals surface area contributed by atoms with E-state index >= 15 is 0 Å². The largest absolute Gasteiger partial charge is 0.265 e. The SMILES string of the molecule is Fc1ccc(-c2nccc(-c3ccncc3)n2)c(F)c1F. The zero-order valence-corrected chi connectivity index (χ0v) is 10.6. The topological polar surface area (TPSA) is 38.7 Å². The molecule has 104 valence electrons. The molecular weight excluding hydrogens is 279 g/mol. The van der Waals surface area contributed by atoms with Crippen molar-refractivity contribution in [1.29, 1.82) is 0 Å². The monoisotopic (exact) mass is 287 g/mol. The molecule has 1 aromatic carbocycles. The highest BCUT2D eigenvalue weighted by atomic mass is 19.2. The molecule has 0 amide bonds. The molecule has 0 bridgehead atoms. The average molecular weight is 287 g/mol. The summed E-state index contributed by atoms with van der Waals surface area (Å²) >= 11 is 0. The number of hydrogen-bond acceptors (Lipinski definition) is 3. The van der Waals surface area contributed by atoms with Gasteiger partial charge in [0.1, 0.15) is 0 Å². The smallest absolute Gasteiger partial charge is 0.195 e. The standard InChI is InChI=1S/C15H8F3N3/c16-11-2-1-10(13(17)14(11)18)15-20-8-5-12(21-15)9-3-6-19-7-4-9/h1-8H. The summed E-state index contributed by atoms with van der Waals surface area (Å²) in [5, 5.41) is 0. The number of nitrogens with zero attached hydrogens (tertiary/aromatic N) is 3. The first kappa shape index (κ1) is 13.2. The van der Waals surface area contributed by atoms with Crippen LogP contribution in [0.1, 0.15) is 0 Å². The zero-order valence-electron chi connectivity index (χ0n) is 10.6. The molecule has 0 aliphatic heterocycles. The number of rotatable bonds is 2. The molecule has 21 heavy (non-hydrogen) atoms. The predicted molar refractivity (Wildman–Crippen MR) is 70.6 cm³/mol. The molecule has 0 N–H and O–H groups in total. The molecular formula is C15H8F3N3. The van der Waals surface area contributed by atoms with E-state index in [2.05, 4.69) is 15.0 Å². The Balaban J connectivity index is 2.11. The van der Waals surface area contributed by atoms with E-state index < -0.39 is 17.5 Å². The van der Waals surface area contributed by atoms with Crippen LogP contribution in [0.4, 0.5) is 13.2 Å². The fourth-order valence-corrected chi connectivity index (χ4v) is 1.87. The van der Waals surface area contributed by atoms with Crippen molar-refractivity contribution in [2.24, 2.45) is 0 Å². The first-order valence-corrected chi connectivity index (χ1v) is 6.04. The quantitative estimate of drug-likeness (QED) is 0.676. The highest BCUT2D eigenvalue weighted by Crippen LogP contribution is 2.25. The van der Waals surface area contributed by atoms with Crippen molar-refractivity contribution < 1.29 is 13.2 Å². The summed E-state index contributed by atoms with van der Waals surface area (Å²) in [6.07, 6.45) is 4.61. The number of hydrogen-bond donors (Lipinski definition) is 0. The summed E-state index contributed by atoms with van der Waals surface area (Å²) in [5.41, 5.74) is 1.10. The van der Waals surface area contributed by atoms with Gasteiger partial charge in [0.05, 0.1) is 11.3 Å². The first-order valence-electron chi connectivity index (χ1n) is 6.04. The van der Waals surface area contributed by atoms with Crippen LogP contribution in [0.5, 0.6) is 0 Å². The van der Waals surface area contributed by atoms with Crippen molar-refractivity contribution in [1.82, 2.24) is 15.0 Å². The number of pyridine rings is 1. The van der Waals surface area contributed by atoms with Crippen molar-refractivity contribution in [3.05, 3.63) is 66.4 Å². The van der Waals surface area contributed by atoms with E-state index in [1.807, 2.05) is 0 Å². The number of halogens is 3. The van der Waals surface area contributed by atoms with Crippen LogP contribution in [0.2, 0.25) is 0 Å². The maximum absolute atomic E-state index is 13.8. The van der Waals surface area contributed by atoms with Crippen molar-refractivity contribution in [3.8, 4) is 22.6 Å². The van der Waals surface area contributed by atoms with Crippen LogP contribution in [-0.4, -0.2) is 15.0 Å². The molecule has 2 aromatic heterocycles. The highest BCUT2D eigenvalue weighted by molar-refractivity contribution is 5.63. The van der Waals surface area contributed by atoms with Crippen LogP contribution in [0.25, 0.3) is 22.6 Å². The Kier molecular flexibility index (Phi) is 3.35. The lowest BCUT2D eigenvalue weighted by molar-refractivity contribution is 0.448. The Hall–Kier alpha value is -2.76. The van der Waals surface area contributed by atoms with Crippen molar-refractivity contribution in [2.45, 2.75) is 0 Å². The van der Waals surface area contributed by atoms with Crippen LogP contribution < -0.4 is 0 Å². The Morgan fingerprint density at radius 3 is 2.29 bits per heavy atom. The van der Waals surface area contributed by atoms with Gasteiger partial charge in [0.2, 0.25) is 0 Å². The van der Waals surface area contributed by atoms with Gasteiger partial charge in [-0.1, -0.05) is 0 Å². The number of benzene rings is 1. The molecule has 0 saturated heterocycles. The molecule has 3 aromatic rings. The lowest BCUT2D eigenvalue weighted by Gasteiger charge is -2.06. The van der Waals surface area contributed by atoms with E-state index in [1.165, 1.54) is 6.20 Å². The van der Waals surface area contributed by atoms with Crippen LogP contribution in [0, 0.1) is 17.5 Å². The highest BCUT2D eigenvalue weighted by Gasteiger charge is 2.16. The summed E-state index contributed by atoms with van der Waals surface area (Å²) in [7, 11) is 0. The molecule has 6 heteroatoms. The summed E-state index contributed by atoms with van der Waals surface area (Å²) < 4.78 is 40.0. The Labute approximate surface area is 118 Å². The van der Waals surface area contributed by atoms with Crippen LogP contribution in [-0.2, 0) is 0 Å². The molecule has 0 radical (unpaired) electrons. The number of aromatic nitrogens is 3. The fraction of sp³-hybridized carbons (Fsp3) is 0. The molecule has 3 nitrogen and oxygen atoms in total. The van der Waals surface area contributed by atoms with Crippen LogP contribution >= 0.6 is 0 Å². The fourth-order valence-electron chi connectivity index (χ4n) is 1.87. The van der Waals surface area contributed by atoms with Crippen molar-refractivity contribution in [2.75, 3.05) is 0 Å². The van der Waals surface area contributed by atoms with Gasteiger partial charge in [-0.2, -0.15) is 0 Å². The van der Waals surface area contributed by atoms with Gasteiger partial charge in [-0.3, -0.25) is 4.98 Å². The second-order valence-corrected chi connectivity index (χ2v) is 4.22. The molecule has 0 fully saturated rings. The molecule has 3 rings (SSSR count). The molecule has 0 unspecified atom stereocenters. The lowest BCUT2D eigenvalue weighted by Crippen LogP contribution is -1.98. The van der Waals surface area contributed by atoms with Crippen LogP contribution in [0.15, 0.2) is 48.9 Å². The molecule has 0 spiro atoms. The van der Waals surface area contributed by atoms with Gasteiger partial charge in [-0.05, 0) is 30.3 Å². The Bertz CT molecular complexity index is 791. The van der Waals surface area contributed by atoms with E-state index in [1.54, 1.807) is 30.6 Å². The summed E-state index contributed by atoms with van der Waals surface area (Å²) in [6.45, 7) is 0. The van der Waals surface area contributed by atoms with Gasteiger partial charge in [0.25, 0.3) is 0 Å². The van der Waals surface area contributed by atoms with E-state index in [9.17, 15) is 13.2 Å². The molecule has 0 saturated carbocycles. The summed E-state index contributed by atoms with van der Waals surface area (Å²) in [5.74, 6) is -4.10. The van der Waals surface area contributed by atoms with Gasteiger partial charge < -0.3 is 0 Å². The normalized spacial score (nSPS) is 10.6. The maximum atomic E-state index is 13.8. The van der Waals surface area contributed by atoms with Gasteiger partial charge in [-0.25, -0.2) is 23.1 Å². The van der Waals surface area contributed by atoms with Gasteiger partial charge in [0, 0.05) is 24.2 Å². The molecule has 0 atom stereocenters. The predicted octanol–water partition coefficient (Wildman–Crippen LogP) is 3.62. The Morgan fingerprint density at radius 1 is 0.762 bits per heavy atom. The minimum atomic E-state index is -1.54. The summed E-state index contributed by atoms with van der Waals surface area (Å²) in [4.78, 5) is 12.0. The van der Waals surface area contributed by atoms with E-state index in [-0.39, 0.29) is 11.4 Å². The van der Waals surface area contributed by atoms with E-state index in [0.717, 1.165) is 17.7 Å². The lowest BCUT2D eigenvalue weighted by atomic mass is 10.1. The zero-order chi connectivity index (χ0) is 14.8. The first-order chi connectivity index (χ1) is 10.2. The summed E-state index contributed by atoms with van der Waals surface area (Å²) in [6, 6.07) is 7.05. The third kappa shape index (κ3) is 2.47. The maximum Gasteiger partial charge on any atom is 0.195 e. The van der Waals surface area contributed by atoms with E-state index in [0.29, 0.717) is 5.69 Å². The van der Waals surface area contributed by atoms with Crippen molar-refractivity contribution in [3.63, 3.8) is 0 Å². The minimum absolute atomic E-state index is 0.0132. The molecule has 2 heterocycles. The minimum Gasteiger partial charge on any atom is -0.265 e. The van der Waals surface area contributed by atoms with Gasteiger partial charge in [-0.15, -0.1) is 0 Å². The third-order valence-electron chi connectivity index (χ3n) is 2.91. The third-order valence-corrected chi connectivity index (χ3v) is 2.91. The second kappa shape index (κ2) is 5.32. The van der Waals surface area contributed by atoms with Crippen molar-refractivity contribution >= 4 is 0 Å². The van der Waals surface area contributed by atoms with Gasteiger partial charge in [0.15, 0.2) is 23.3 Å².